The molecule has 110 valence electrons. The van der Waals surface area contributed by atoms with Gasteiger partial charge in [-0.3, -0.25) is 4.31 Å². The highest BCUT2D eigenvalue weighted by Gasteiger charge is 2.35. The number of ether oxygens (including phenoxy) is 1. The topological polar surface area (TPSA) is 83.9 Å². The fourth-order valence-corrected chi connectivity index (χ4v) is 4.47. The minimum atomic E-state index is -3.42. The number of hydrogen-bond donors (Lipinski definition) is 1. The second kappa shape index (κ2) is 5.14. The standard InChI is InChI=1S/C12H14ClNO5S/c1-7-5-14(20(17,18)6-7)10-4-11(19-2)8(12(15)16)3-9(10)13/h3-4,7H,5-6H2,1-2H3,(H,15,16). The second-order valence-electron chi connectivity index (χ2n) is 4.72. The Hall–Kier alpha value is -1.47. The van der Waals surface area contributed by atoms with Crippen molar-refractivity contribution in [3.63, 3.8) is 0 Å². The Labute approximate surface area is 122 Å². The van der Waals surface area contributed by atoms with Crippen LogP contribution in [0.2, 0.25) is 5.02 Å². The molecular weight excluding hydrogens is 306 g/mol. The third-order valence-electron chi connectivity index (χ3n) is 3.08. The number of carboxylic acid groups (broad SMARTS) is 1. The van der Waals surface area contributed by atoms with Crippen molar-refractivity contribution in [3.8, 4) is 5.75 Å². The van der Waals surface area contributed by atoms with Gasteiger partial charge in [-0.2, -0.15) is 0 Å². The highest BCUT2D eigenvalue weighted by Crippen LogP contribution is 2.37. The van der Waals surface area contributed by atoms with Crippen LogP contribution in [0.3, 0.4) is 0 Å². The summed E-state index contributed by atoms with van der Waals surface area (Å²) in [5, 5.41) is 9.12. The van der Waals surface area contributed by atoms with E-state index in [1.165, 1.54) is 23.5 Å². The Morgan fingerprint density at radius 1 is 1.50 bits per heavy atom. The molecule has 0 aromatic heterocycles. The van der Waals surface area contributed by atoms with E-state index in [4.69, 9.17) is 21.4 Å². The van der Waals surface area contributed by atoms with Gasteiger partial charge in [0.05, 0.1) is 23.6 Å². The summed E-state index contributed by atoms with van der Waals surface area (Å²) in [4.78, 5) is 11.1. The Kier molecular flexibility index (Phi) is 3.84. The molecule has 1 atom stereocenters. The fraction of sp³-hybridized carbons (Fsp3) is 0.417. The lowest BCUT2D eigenvalue weighted by Crippen LogP contribution is -2.25. The highest BCUT2D eigenvalue weighted by molar-refractivity contribution is 7.93. The third-order valence-corrected chi connectivity index (χ3v) is 5.39. The van der Waals surface area contributed by atoms with Crippen LogP contribution in [-0.2, 0) is 10.0 Å². The van der Waals surface area contributed by atoms with Gasteiger partial charge in [0.1, 0.15) is 11.3 Å². The molecule has 1 saturated heterocycles. The normalized spacial score (nSPS) is 20.9. The molecule has 1 aliphatic rings. The molecule has 0 radical (unpaired) electrons. The molecule has 1 aromatic carbocycles. The van der Waals surface area contributed by atoms with Crippen molar-refractivity contribution >= 4 is 33.3 Å². The van der Waals surface area contributed by atoms with Crippen LogP contribution < -0.4 is 9.04 Å². The van der Waals surface area contributed by atoms with Crippen molar-refractivity contribution in [3.05, 3.63) is 22.7 Å². The fourth-order valence-electron chi connectivity index (χ4n) is 2.22. The molecule has 0 bridgehead atoms. The summed E-state index contributed by atoms with van der Waals surface area (Å²) < 4.78 is 30.3. The van der Waals surface area contributed by atoms with Crippen LogP contribution in [0.15, 0.2) is 12.1 Å². The number of rotatable bonds is 3. The number of benzene rings is 1. The molecule has 1 fully saturated rings. The second-order valence-corrected chi connectivity index (χ2v) is 7.07. The van der Waals surface area contributed by atoms with Gasteiger partial charge < -0.3 is 9.84 Å². The van der Waals surface area contributed by atoms with Crippen molar-refractivity contribution in [2.75, 3.05) is 23.7 Å². The van der Waals surface area contributed by atoms with Crippen molar-refractivity contribution in [2.24, 2.45) is 5.92 Å². The molecule has 0 amide bonds. The van der Waals surface area contributed by atoms with E-state index in [1.807, 2.05) is 6.92 Å². The lowest BCUT2D eigenvalue weighted by Gasteiger charge is -2.20. The first kappa shape index (κ1) is 14.9. The maximum atomic E-state index is 12.1. The van der Waals surface area contributed by atoms with Crippen LogP contribution in [0.1, 0.15) is 17.3 Å². The zero-order valence-corrected chi connectivity index (χ0v) is 12.5. The van der Waals surface area contributed by atoms with E-state index in [2.05, 4.69) is 0 Å². The summed E-state index contributed by atoms with van der Waals surface area (Å²) in [6.07, 6.45) is 0. The molecule has 1 unspecified atom stereocenters. The van der Waals surface area contributed by atoms with E-state index >= 15 is 0 Å². The zero-order valence-electron chi connectivity index (χ0n) is 11.0. The first-order valence-electron chi connectivity index (χ1n) is 5.87. The van der Waals surface area contributed by atoms with Crippen LogP contribution in [0.5, 0.6) is 5.75 Å². The Balaban J connectivity index is 2.56. The van der Waals surface area contributed by atoms with E-state index in [0.717, 1.165) is 0 Å². The molecule has 20 heavy (non-hydrogen) atoms. The number of carboxylic acids is 1. The van der Waals surface area contributed by atoms with Gasteiger partial charge in [-0.25, -0.2) is 13.2 Å². The molecule has 0 spiro atoms. The van der Waals surface area contributed by atoms with E-state index in [0.29, 0.717) is 6.54 Å². The lowest BCUT2D eigenvalue weighted by atomic mass is 10.1. The lowest BCUT2D eigenvalue weighted by molar-refractivity contribution is 0.0693. The van der Waals surface area contributed by atoms with Gasteiger partial charge in [-0.1, -0.05) is 18.5 Å². The zero-order chi connectivity index (χ0) is 15.1. The Bertz CT molecular complexity index is 658. The summed E-state index contributed by atoms with van der Waals surface area (Å²) in [6, 6.07) is 2.55. The number of methoxy groups -OCH3 is 1. The van der Waals surface area contributed by atoms with Gasteiger partial charge in [0.25, 0.3) is 0 Å². The van der Waals surface area contributed by atoms with Crippen molar-refractivity contribution in [2.45, 2.75) is 6.92 Å². The molecule has 1 aliphatic heterocycles. The number of hydrogen-bond acceptors (Lipinski definition) is 4. The summed E-state index contributed by atoms with van der Waals surface area (Å²) in [5.41, 5.74) is 0.142. The Morgan fingerprint density at radius 3 is 2.60 bits per heavy atom. The van der Waals surface area contributed by atoms with Gasteiger partial charge in [-0.15, -0.1) is 0 Å². The molecule has 1 N–H and O–H groups in total. The van der Waals surface area contributed by atoms with E-state index in [-0.39, 0.29) is 33.7 Å². The first-order chi connectivity index (χ1) is 9.26. The molecular formula is C12H14ClNO5S. The van der Waals surface area contributed by atoms with Gasteiger partial charge in [0.2, 0.25) is 10.0 Å². The molecule has 0 aliphatic carbocycles. The van der Waals surface area contributed by atoms with Crippen LogP contribution >= 0.6 is 11.6 Å². The number of carbonyl (C=O) groups is 1. The maximum Gasteiger partial charge on any atom is 0.339 e. The molecule has 2 rings (SSSR count). The van der Waals surface area contributed by atoms with Crippen LogP contribution in [0, 0.1) is 5.92 Å². The van der Waals surface area contributed by atoms with Gasteiger partial charge in [0, 0.05) is 12.6 Å². The maximum absolute atomic E-state index is 12.1. The van der Waals surface area contributed by atoms with E-state index in [9.17, 15) is 13.2 Å². The molecule has 0 saturated carbocycles. The average Bonchev–Trinajstić information content (AvgIpc) is 2.61. The summed E-state index contributed by atoms with van der Waals surface area (Å²) >= 11 is 6.03. The average molecular weight is 320 g/mol. The summed E-state index contributed by atoms with van der Waals surface area (Å²) in [6.45, 7) is 2.14. The van der Waals surface area contributed by atoms with Crippen LogP contribution in [0.4, 0.5) is 5.69 Å². The summed E-state index contributed by atoms with van der Waals surface area (Å²) in [5.74, 6) is -1.08. The van der Waals surface area contributed by atoms with Crippen LogP contribution in [0.25, 0.3) is 0 Å². The number of sulfonamides is 1. The number of anilines is 1. The van der Waals surface area contributed by atoms with E-state index in [1.54, 1.807) is 0 Å². The smallest absolute Gasteiger partial charge is 0.339 e. The molecule has 6 nitrogen and oxygen atoms in total. The largest absolute Gasteiger partial charge is 0.496 e. The third kappa shape index (κ3) is 2.55. The SMILES string of the molecule is COc1cc(N2CC(C)CS2(=O)=O)c(Cl)cc1C(=O)O. The minimum absolute atomic E-state index is 0.0128. The number of nitrogens with zero attached hydrogens (tertiary/aromatic N) is 1. The van der Waals surface area contributed by atoms with E-state index < -0.39 is 16.0 Å². The van der Waals surface area contributed by atoms with Crippen LogP contribution in [-0.4, -0.2) is 38.9 Å². The Morgan fingerprint density at radius 2 is 2.15 bits per heavy atom. The molecule has 1 aromatic rings. The number of halogens is 1. The monoisotopic (exact) mass is 319 g/mol. The highest BCUT2D eigenvalue weighted by atomic mass is 35.5. The molecule has 8 heteroatoms. The summed E-state index contributed by atoms with van der Waals surface area (Å²) in [7, 11) is -2.10. The van der Waals surface area contributed by atoms with Crippen molar-refractivity contribution in [1.29, 1.82) is 0 Å². The predicted octanol–water partition coefficient (Wildman–Crippen LogP) is 1.83. The van der Waals surface area contributed by atoms with Crippen molar-refractivity contribution in [1.82, 2.24) is 0 Å². The first-order valence-corrected chi connectivity index (χ1v) is 7.86. The quantitative estimate of drug-likeness (QED) is 0.919. The minimum Gasteiger partial charge on any atom is -0.496 e. The van der Waals surface area contributed by atoms with Gasteiger partial charge in [-0.05, 0) is 12.0 Å². The van der Waals surface area contributed by atoms with Crippen molar-refractivity contribution < 1.29 is 23.1 Å². The predicted molar refractivity (Wildman–Crippen MR) is 75.3 cm³/mol. The van der Waals surface area contributed by atoms with Gasteiger partial charge >= 0.3 is 5.97 Å². The molecule has 1 heterocycles. The van der Waals surface area contributed by atoms with Gasteiger partial charge in [0.15, 0.2) is 0 Å². The number of aromatic carboxylic acids is 1.